The first-order chi connectivity index (χ1) is 9.40. The lowest BCUT2D eigenvalue weighted by Crippen LogP contribution is -2.40. The van der Waals surface area contributed by atoms with E-state index in [1.54, 1.807) is 26.8 Å². The zero-order chi connectivity index (χ0) is 16.4. The number of carbonyl (C=O) groups excluding carboxylic acids is 2. The molecule has 0 aliphatic carbocycles. The quantitative estimate of drug-likeness (QED) is 0.733. The molecular formula is C16H24N2O3. The average molecular weight is 292 g/mol. The summed E-state index contributed by atoms with van der Waals surface area (Å²) in [7, 11) is 0. The van der Waals surface area contributed by atoms with Crippen LogP contribution in [0.15, 0.2) is 18.2 Å². The molecule has 0 unspecified atom stereocenters. The predicted molar refractivity (Wildman–Crippen MR) is 83.4 cm³/mol. The lowest BCUT2D eigenvalue weighted by atomic mass is 9.95. The summed E-state index contributed by atoms with van der Waals surface area (Å²) in [4.78, 5) is 24.1. The van der Waals surface area contributed by atoms with E-state index in [0.717, 1.165) is 0 Å². The van der Waals surface area contributed by atoms with Crippen molar-refractivity contribution in [2.45, 2.75) is 47.1 Å². The van der Waals surface area contributed by atoms with Crippen molar-refractivity contribution in [3.63, 3.8) is 0 Å². The molecule has 0 saturated carbocycles. The van der Waals surface area contributed by atoms with E-state index >= 15 is 0 Å². The SMILES string of the molecule is CC(C)(C)NC(=O)c1cc(NC(=O)C(C)(C)C)ccc1O. The molecule has 0 atom stereocenters. The van der Waals surface area contributed by atoms with E-state index in [-0.39, 0.29) is 23.1 Å². The number of hydrogen-bond acceptors (Lipinski definition) is 3. The number of aromatic hydroxyl groups is 1. The largest absolute Gasteiger partial charge is 0.507 e. The number of phenols is 1. The number of anilines is 1. The molecule has 0 radical (unpaired) electrons. The van der Waals surface area contributed by atoms with E-state index in [1.165, 1.54) is 12.1 Å². The minimum absolute atomic E-state index is 0.120. The summed E-state index contributed by atoms with van der Waals surface area (Å²) in [6.45, 7) is 11.0. The smallest absolute Gasteiger partial charge is 0.255 e. The minimum atomic E-state index is -0.536. The van der Waals surface area contributed by atoms with Gasteiger partial charge in [0.15, 0.2) is 0 Å². The van der Waals surface area contributed by atoms with Crippen LogP contribution in [-0.2, 0) is 4.79 Å². The fraction of sp³-hybridized carbons (Fsp3) is 0.500. The Labute approximate surface area is 125 Å². The molecule has 116 valence electrons. The molecule has 2 amide bonds. The predicted octanol–water partition coefficient (Wildman–Crippen LogP) is 2.91. The fourth-order valence-corrected chi connectivity index (χ4v) is 1.52. The number of carbonyl (C=O) groups is 2. The molecule has 0 bridgehead atoms. The van der Waals surface area contributed by atoms with Crippen LogP contribution in [0.4, 0.5) is 5.69 Å². The summed E-state index contributed by atoms with van der Waals surface area (Å²) in [5.74, 6) is -0.660. The highest BCUT2D eigenvalue weighted by molar-refractivity contribution is 6.00. The van der Waals surface area contributed by atoms with E-state index < -0.39 is 11.0 Å². The van der Waals surface area contributed by atoms with Crippen LogP contribution in [0.25, 0.3) is 0 Å². The molecule has 0 aliphatic heterocycles. The molecule has 21 heavy (non-hydrogen) atoms. The summed E-state index contributed by atoms with van der Waals surface area (Å²) < 4.78 is 0. The van der Waals surface area contributed by atoms with E-state index in [0.29, 0.717) is 5.69 Å². The van der Waals surface area contributed by atoms with Crippen molar-refractivity contribution in [3.8, 4) is 5.75 Å². The van der Waals surface area contributed by atoms with Crippen molar-refractivity contribution in [2.75, 3.05) is 5.32 Å². The highest BCUT2D eigenvalue weighted by atomic mass is 16.3. The highest BCUT2D eigenvalue weighted by Crippen LogP contribution is 2.24. The molecule has 5 heteroatoms. The van der Waals surface area contributed by atoms with Crippen LogP contribution in [0.2, 0.25) is 0 Å². The topological polar surface area (TPSA) is 78.4 Å². The molecule has 0 saturated heterocycles. The number of benzene rings is 1. The fourth-order valence-electron chi connectivity index (χ4n) is 1.52. The Kier molecular flexibility index (Phi) is 4.66. The third-order valence-electron chi connectivity index (χ3n) is 2.67. The third kappa shape index (κ3) is 5.10. The van der Waals surface area contributed by atoms with Crippen molar-refractivity contribution in [2.24, 2.45) is 5.41 Å². The highest BCUT2D eigenvalue weighted by Gasteiger charge is 2.22. The molecular weight excluding hydrogens is 268 g/mol. The molecule has 0 heterocycles. The number of hydrogen-bond donors (Lipinski definition) is 3. The maximum absolute atomic E-state index is 12.1. The first kappa shape index (κ1) is 17.0. The Hall–Kier alpha value is -2.04. The van der Waals surface area contributed by atoms with Crippen molar-refractivity contribution >= 4 is 17.5 Å². The summed E-state index contributed by atoms with van der Waals surface area (Å²) in [5, 5.41) is 15.3. The van der Waals surface area contributed by atoms with Crippen LogP contribution in [-0.4, -0.2) is 22.5 Å². The maximum atomic E-state index is 12.1. The lowest BCUT2D eigenvalue weighted by Gasteiger charge is -2.21. The second kappa shape index (κ2) is 5.76. The Bertz CT molecular complexity index is 552. The Morgan fingerprint density at radius 2 is 1.62 bits per heavy atom. The molecule has 1 aromatic carbocycles. The van der Waals surface area contributed by atoms with E-state index in [9.17, 15) is 14.7 Å². The Morgan fingerprint density at radius 1 is 1.05 bits per heavy atom. The number of amides is 2. The van der Waals surface area contributed by atoms with Gasteiger partial charge >= 0.3 is 0 Å². The zero-order valence-electron chi connectivity index (χ0n) is 13.5. The summed E-state index contributed by atoms with van der Waals surface area (Å²) in [5.41, 5.74) is -0.330. The van der Waals surface area contributed by atoms with E-state index in [4.69, 9.17) is 0 Å². The average Bonchev–Trinajstić information content (AvgIpc) is 2.27. The van der Waals surface area contributed by atoms with Gasteiger partial charge in [0.1, 0.15) is 5.75 Å². The molecule has 0 spiro atoms. The first-order valence-corrected chi connectivity index (χ1v) is 6.87. The monoisotopic (exact) mass is 292 g/mol. The second-order valence-electron chi connectivity index (χ2n) is 7.14. The van der Waals surface area contributed by atoms with Crippen LogP contribution in [0.5, 0.6) is 5.75 Å². The van der Waals surface area contributed by atoms with Crippen molar-refractivity contribution < 1.29 is 14.7 Å². The van der Waals surface area contributed by atoms with Crippen LogP contribution in [0.3, 0.4) is 0 Å². The number of nitrogens with one attached hydrogen (secondary N) is 2. The zero-order valence-corrected chi connectivity index (χ0v) is 13.5. The van der Waals surface area contributed by atoms with Gasteiger partial charge in [-0.15, -0.1) is 0 Å². The van der Waals surface area contributed by atoms with Crippen LogP contribution >= 0.6 is 0 Å². The second-order valence-corrected chi connectivity index (χ2v) is 7.14. The van der Waals surface area contributed by atoms with Gasteiger partial charge in [-0.3, -0.25) is 9.59 Å². The molecule has 0 fully saturated rings. The molecule has 1 aromatic rings. The maximum Gasteiger partial charge on any atom is 0.255 e. The Balaban J connectivity index is 3.00. The first-order valence-electron chi connectivity index (χ1n) is 6.87. The van der Waals surface area contributed by atoms with Crippen molar-refractivity contribution in [1.29, 1.82) is 0 Å². The molecule has 1 rings (SSSR count). The van der Waals surface area contributed by atoms with Gasteiger partial charge in [-0.05, 0) is 39.0 Å². The Morgan fingerprint density at radius 3 is 2.10 bits per heavy atom. The van der Waals surface area contributed by atoms with Gasteiger partial charge in [-0.1, -0.05) is 20.8 Å². The van der Waals surface area contributed by atoms with Gasteiger partial charge in [0.25, 0.3) is 5.91 Å². The van der Waals surface area contributed by atoms with Gasteiger partial charge in [0, 0.05) is 16.6 Å². The van der Waals surface area contributed by atoms with E-state index in [1.807, 2.05) is 20.8 Å². The van der Waals surface area contributed by atoms with Gasteiger partial charge in [0.05, 0.1) is 5.56 Å². The molecule has 0 aromatic heterocycles. The van der Waals surface area contributed by atoms with Gasteiger partial charge < -0.3 is 15.7 Å². The minimum Gasteiger partial charge on any atom is -0.507 e. The van der Waals surface area contributed by atoms with Crippen LogP contribution in [0, 0.1) is 5.41 Å². The molecule has 0 aliphatic rings. The number of rotatable bonds is 2. The van der Waals surface area contributed by atoms with Crippen molar-refractivity contribution in [1.82, 2.24) is 5.32 Å². The van der Waals surface area contributed by atoms with E-state index in [2.05, 4.69) is 10.6 Å². The van der Waals surface area contributed by atoms with Crippen LogP contribution in [0.1, 0.15) is 51.9 Å². The lowest BCUT2D eigenvalue weighted by molar-refractivity contribution is -0.123. The van der Waals surface area contributed by atoms with Gasteiger partial charge in [0.2, 0.25) is 5.91 Å². The summed E-state index contributed by atoms with van der Waals surface area (Å²) in [6.07, 6.45) is 0. The molecule has 3 N–H and O–H groups in total. The standard InChI is InChI=1S/C16H24N2O3/c1-15(2,3)14(21)17-10-7-8-12(19)11(9-10)13(20)18-16(4,5)6/h7-9,19H,1-6H3,(H,17,21)(H,18,20). The van der Waals surface area contributed by atoms with Gasteiger partial charge in [-0.25, -0.2) is 0 Å². The molecule has 5 nitrogen and oxygen atoms in total. The third-order valence-corrected chi connectivity index (χ3v) is 2.67. The van der Waals surface area contributed by atoms with Gasteiger partial charge in [-0.2, -0.15) is 0 Å². The normalized spacial score (nSPS) is 11.9. The summed E-state index contributed by atoms with van der Waals surface area (Å²) in [6, 6.07) is 4.43. The van der Waals surface area contributed by atoms with Crippen LogP contribution < -0.4 is 10.6 Å². The van der Waals surface area contributed by atoms with Crippen molar-refractivity contribution in [3.05, 3.63) is 23.8 Å². The number of phenolic OH excluding ortho intramolecular Hbond substituents is 1. The summed E-state index contributed by atoms with van der Waals surface area (Å²) >= 11 is 0.